The standard InChI is InChI=1S/C9H15ClN2O/c1-6(2)5-8(12-11)7-3-4-13-9(7)10/h3-4,6,8,12H,5,11H2,1-2H3. The third-order valence-electron chi connectivity index (χ3n) is 1.93. The Morgan fingerprint density at radius 3 is 2.69 bits per heavy atom. The summed E-state index contributed by atoms with van der Waals surface area (Å²) < 4.78 is 5.00. The number of nitrogens with one attached hydrogen (secondary N) is 1. The van der Waals surface area contributed by atoms with Gasteiger partial charge in [-0.05, 0) is 30.0 Å². The smallest absolute Gasteiger partial charge is 0.197 e. The maximum absolute atomic E-state index is 5.83. The van der Waals surface area contributed by atoms with Crippen molar-refractivity contribution in [2.24, 2.45) is 11.8 Å². The van der Waals surface area contributed by atoms with E-state index in [1.807, 2.05) is 6.07 Å². The molecule has 0 spiro atoms. The van der Waals surface area contributed by atoms with Crippen LogP contribution in [-0.2, 0) is 0 Å². The minimum atomic E-state index is 0.0752. The van der Waals surface area contributed by atoms with E-state index in [2.05, 4.69) is 19.3 Å². The summed E-state index contributed by atoms with van der Waals surface area (Å²) in [4.78, 5) is 0. The fourth-order valence-corrected chi connectivity index (χ4v) is 1.56. The van der Waals surface area contributed by atoms with Crippen LogP contribution in [0, 0.1) is 5.92 Å². The SMILES string of the molecule is CC(C)CC(NN)c1ccoc1Cl. The number of nitrogens with two attached hydrogens (primary N) is 1. The zero-order valence-electron chi connectivity index (χ0n) is 7.88. The van der Waals surface area contributed by atoms with Crippen molar-refractivity contribution in [3.63, 3.8) is 0 Å². The van der Waals surface area contributed by atoms with E-state index in [1.54, 1.807) is 6.26 Å². The molecule has 1 aromatic rings. The summed E-state index contributed by atoms with van der Waals surface area (Å²) in [6.07, 6.45) is 2.51. The summed E-state index contributed by atoms with van der Waals surface area (Å²) in [6.45, 7) is 4.27. The summed E-state index contributed by atoms with van der Waals surface area (Å²) in [5.74, 6) is 5.99. The normalized spacial score (nSPS) is 13.6. The van der Waals surface area contributed by atoms with Gasteiger partial charge in [0.05, 0.1) is 12.3 Å². The van der Waals surface area contributed by atoms with E-state index in [9.17, 15) is 0 Å². The van der Waals surface area contributed by atoms with Gasteiger partial charge >= 0.3 is 0 Å². The Bertz CT molecular complexity index is 260. The quantitative estimate of drug-likeness (QED) is 0.583. The molecule has 0 saturated heterocycles. The van der Waals surface area contributed by atoms with E-state index in [1.165, 1.54) is 0 Å². The summed E-state index contributed by atoms with van der Waals surface area (Å²) in [6, 6.07) is 1.92. The number of furan rings is 1. The van der Waals surface area contributed by atoms with Gasteiger partial charge in [0.2, 0.25) is 0 Å². The molecule has 0 bridgehead atoms. The van der Waals surface area contributed by atoms with Crippen LogP contribution in [0.25, 0.3) is 0 Å². The van der Waals surface area contributed by atoms with Crippen LogP contribution in [-0.4, -0.2) is 0 Å². The number of hydrazine groups is 1. The molecule has 0 aromatic carbocycles. The fourth-order valence-electron chi connectivity index (χ4n) is 1.31. The van der Waals surface area contributed by atoms with Gasteiger partial charge in [0, 0.05) is 5.56 Å². The highest BCUT2D eigenvalue weighted by Gasteiger charge is 2.16. The highest BCUT2D eigenvalue weighted by atomic mass is 35.5. The van der Waals surface area contributed by atoms with Gasteiger partial charge in [-0.3, -0.25) is 11.3 Å². The Morgan fingerprint density at radius 2 is 2.31 bits per heavy atom. The Labute approximate surface area is 83.2 Å². The molecule has 1 rings (SSSR count). The Kier molecular flexibility index (Phi) is 3.78. The molecule has 74 valence electrons. The molecule has 1 unspecified atom stereocenters. The van der Waals surface area contributed by atoms with Crippen molar-refractivity contribution in [3.8, 4) is 0 Å². The molecule has 0 saturated carbocycles. The van der Waals surface area contributed by atoms with Crippen LogP contribution in [0.4, 0.5) is 0 Å². The highest BCUT2D eigenvalue weighted by molar-refractivity contribution is 6.29. The van der Waals surface area contributed by atoms with Crippen molar-refractivity contribution < 1.29 is 4.42 Å². The Balaban J connectivity index is 2.72. The zero-order valence-corrected chi connectivity index (χ0v) is 8.64. The topological polar surface area (TPSA) is 51.2 Å². The van der Waals surface area contributed by atoms with Crippen molar-refractivity contribution in [1.82, 2.24) is 5.43 Å². The van der Waals surface area contributed by atoms with Crippen LogP contribution in [0.5, 0.6) is 0 Å². The van der Waals surface area contributed by atoms with E-state index in [-0.39, 0.29) is 6.04 Å². The molecule has 0 aliphatic rings. The number of hydrogen-bond acceptors (Lipinski definition) is 3. The molecule has 0 amide bonds. The third-order valence-corrected chi connectivity index (χ3v) is 2.24. The lowest BCUT2D eigenvalue weighted by Crippen LogP contribution is -2.28. The van der Waals surface area contributed by atoms with Gasteiger partial charge in [-0.2, -0.15) is 0 Å². The van der Waals surface area contributed by atoms with Gasteiger partial charge < -0.3 is 4.42 Å². The van der Waals surface area contributed by atoms with Gasteiger partial charge in [0.1, 0.15) is 0 Å². The lowest BCUT2D eigenvalue weighted by molar-refractivity contribution is 0.434. The van der Waals surface area contributed by atoms with Crippen LogP contribution >= 0.6 is 11.6 Å². The van der Waals surface area contributed by atoms with Gasteiger partial charge in [-0.15, -0.1) is 0 Å². The molecule has 1 aromatic heterocycles. The monoisotopic (exact) mass is 202 g/mol. The van der Waals surface area contributed by atoms with Crippen molar-refractivity contribution in [1.29, 1.82) is 0 Å². The molecule has 0 aliphatic carbocycles. The molecule has 3 nitrogen and oxygen atoms in total. The first kappa shape index (κ1) is 10.6. The predicted octanol–water partition coefficient (Wildman–Crippen LogP) is 2.48. The van der Waals surface area contributed by atoms with Gasteiger partial charge in [-0.1, -0.05) is 13.8 Å². The van der Waals surface area contributed by atoms with Crippen molar-refractivity contribution in [3.05, 3.63) is 23.1 Å². The van der Waals surface area contributed by atoms with Crippen molar-refractivity contribution in [2.75, 3.05) is 0 Å². The van der Waals surface area contributed by atoms with Crippen LogP contribution in [0.2, 0.25) is 5.22 Å². The lowest BCUT2D eigenvalue weighted by Gasteiger charge is -2.16. The van der Waals surface area contributed by atoms with Crippen LogP contribution in [0.15, 0.2) is 16.7 Å². The third kappa shape index (κ3) is 2.72. The zero-order chi connectivity index (χ0) is 9.84. The highest BCUT2D eigenvalue weighted by Crippen LogP contribution is 2.27. The molecule has 4 heteroatoms. The van der Waals surface area contributed by atoms with E-state index in [0.717, 1.165) is 12.0 Å². The van der Waals surface area contributed by atoms with Gasteiger partial charge in [-0.25, -0.2) is 0 Å². The second kappa shape index (κ2) is 4.65. The maximum atomic E-state index is 5.83. The predicted molar refractivity (Wildman–Crippen MR) is 53.2 cm³/mol. The lowest BCUT2D eigenvalue weighted by atomic mass is 10.00. The number of halogens is 1. The maximum Gasteiger partial charge on any atom is 0.197 e. The van der Waals surface area contributed by atoms with Crippen LogP contribution < -0.4 is 11.3 Å². The van der Waals surface area contributed by atoms with E-state index < -0.39 is 0 Å². The average Bonchev–Trinajstić information content (AvgIpc) is 2.47. The minimum absolute atomic E-state index is 0.0752. The largest absolute Gasteiger partial charge is 0.453 e. The Hall–Kier alpha value is -0.510. The second-order valence-electron chi connectivity index (χ2n) is 3.50. The number of hydrogen-bond donors (Lipinski definition) is 2. The van der Waals surface area contributed by atoms with Crippen molar-refractivity contribution >= 4 is 11.6 Å². The second-order valence-corrected chi connectivity index (χ2v) is 3.84. The summed E-state index contributed by atoms with van der Waals surface area (Å²) in [5.41, 5.74) is 3.66. The molecule has 13 heavy (non-hydrogen) atoms. The fraction of sp³-hybridized carbons (Fsp3) is 0.556. The summed E-state index contributed by atoms with van der Waals surface area (Å²) in [7, 11) is 0. The molecular weight excluding hydrogens is 188 g/mol. The van der Waals surface area contributed by atoms with Crippen LogP contribution in [0.1, 0.15) is 31.9 Å². The van der Waals surface area contributed by atoms with Gasteiger partial charge in [0.25, 0.3) is 0 Å². The first-order valence-electron chi connectivity index (χ1n) is 4.34. The first-order chi connectivity index (χ1) is 6.15. The molecule has 3 N–H and O–H groups in total. The van der Waals surface area contributed by atoms with E-state index >= 15 is 0 Å². The minimum Gasteiger partial charge on any atom is -0.453 e. The summed E-state index contributed by atoms with van der Waals surface area (Å²) in [5, 5.41) is 0.420. The summed E-state index contributed by atoms with van der Waals surface area (Å²) >= 11 is 5.83. The van der Waals surface area contributed by atoms with Crippen LogP contribution in [0.3, 0.4) is 0 Å². The van der Waals surface area contributed by atoms with E-state index in [4.69, 9.17) is 21.9 Å². The van der Waals surface area contributed by atoms with E-state index in [0.29, 0.717) is 11.1 Å². The molecule has 1 heterocycles. The molecular formula is C9H15ClN2O. The first-order valence-corrected chi connectivity index (χ1v) is 4.72. The van der Waals surface area contributed by atoms with Crippen molar-refractivity contribution in [2.45, 2.75) is 26.3 Å². The molecule has 0 aliphatic heterocycles. The van der Waals surface area contributed by atoms with Gasteiger partial charge in [0.15, 0.2) is 5.22 Å². The molecule has 0 fully saturated rings. The number of rotatable bonds is 4. The average molecular weight is 203 g/mol. The molecule has 0 radical (unpaired) electrons. The molecule has 1 atom stereocenters. The Morgan fingerprint density at radius 1 is 1.62 bits per heavy atom.